The normalized spacial score (nSPS) is 29.2. The van der Waals surface area contributed by atoms with Gasteiger partial charge in [0.1, 0.15) is 0 Å². The predicted octanol–water partition coefficient (Wildman–Crippen LogP) is 3.55. The Bertz CT molecular complexity index is 259. The monoisotopic (exact) mass is 260 g/mol. The van der Waals surface area contributed by atoms with Crippen molar-refractivity contribution in [3.05, 3.63) is 12.7 Å². The molecule has 0 aromatic rings. The summed E-state index contributed by atoms with van der Waals surface area (Å²) in [5.74, 6) is 2.58. The third kappa shape index (κ3) is 2.98. The van der Waals surface area contributed by atoms with E-state index < -0.39 is 0 Å². The Morgan fingerprint density at radius 3 is 2.87 bits per heavy atom. The SMILES string of the molecule is C=CC(=O)SC1CCCC2(C1)SCCS2. The molecule has 0 radical (unpaired) electrons. The first-order chi connectivity index (χ1) is 7.24. The van der Waals surface area contributed by atoms with Gasteiger partial charge in [-0.15, -0.1) is 23.5 Å². The molecule has 1 heterocycles. The van der Waals surface area contributed by atoms with E-state index in [2.05, 4.69) is 30.1 Å². The van der Waals surface area contributed by atoms with Gasteiger partial charge >= 0.3 is 0 Å². The second-order valence-corrected chi connectivity index (χ2v) is 8.49. The molecule has 1 saturated heterocycles. The fourth-order valence-corrected chi connectivity index (χ4v) is 6.97. The van der Waals surface area contributed by atoms with E-state index in [0.717, 1.165) is 0 Å². The number of hydrogen-bond donors (Lipinski definition) is 0. The highest BCUT2D eigenvalue weighted by molar-refractivity contribution is 8.21. The van der Waals surface area contributed by atoms with Crippen LogP contribution in [-0.4, -0.2) is 25.9 Å². The van der Waals surface area contributed by atoms with Crippen molar-refractivity contribution >= 4 is 40.4 Å². The van der Waals surface area contributed by atoms with Crippen LogP contribution in [0.1, 0.15) is 25.7 Å². The predicted molar refractivity (Wildman–Crippen MR) is 72.7 cm³/mol. The van der Waals surface area contributed by atoms with E-state index in [-0.39, 0.29) is 5.12 Å². The maximum absolute atomic E-state index is 11.3. The third-order valence-corrected chi connectivity index (χ3v) is 7.60. The first kappa shape index (κ1) is 11.9. The van der Waals surface area contributed by atoms with Gasteiger partial charge in [-0.1, -0.05) is 24.8 Å². The molecule has 2 aliphatic rings. The molecule has 84 valence electrons. The average Bonchev–Trinajstić information content (AvgIpc) is 2.66. The van der Waals surface area contributed by atoms with E-state index in [9.17, 15) is 4.79 Å². The van der Waals surface area contributed by atoms with E-state index >= 15 is 0 Å². The van der Waals surface area contributed by atoms with Crippen LogP contribution in [0.2, 0.25) is 0 Å². The minimum absolute atomic E-state index is 0.144. The zero-order valence-corrected chi connectivity index (χ0v) is 11.2. The highest BCUT2D eigenvalue weighted by Gasteiger charge is 2.40. The number of rotatable bonds is 2. The molecule has 0 aromatic carbocycles. The lowest BCUT2D eigenvalue weighted by Crippen LogP contribution is -2.28. The average molecular weight is 260 g/mol. The molecule has 1 aliphatic heterocycles. The molecule has 1 spiro atoms. The molecule has 1 atom stereocenters. The van der Waals surface area contributed by atoms with Crippen LogP contribution >= 0.6 is 35.3 Å². The van der Waals surface area contributed by atoms with Crippen molar-refractivity contribution in [1.29, 1.82) is 0 Å². The second-order valence-electron chi connectivity index (χ2n) is 3.97. The summed E-state index contributed by atoms with van der Waals surface area (Å²) in [6, 6.07) is 0. The Morgan fingerprint density at radius 1 is 1.47 bits per heavy atom. The van der Waals surface area contributed by atoms with Gasteiger partial charge in [0, 0.05) is 16.8 Å². The fraction of sp³-hybridized carbons (Fsp3) is 0.727. The second kappa shape index (κ2) is 5.19. The van der Waals surface area contributed by atoms with Gasteiger partial charge in [-0.25, -0.2) is 0 Å². The van der Waals surface area contributed by atoms with Crippen molar-refractivity contribution < 1.29 is 4.79 Å². The molecular formula is C11H16OS3. The Hall–Kier alpha value is 0.460. The van der Waals surface area contributed by atoms with Crippen LogP contribution < -0.4 is 0 Å². The van der Waals surface area contributed by atoms with Crippen molar-refractivity contribution in [3.63, 3.8) is 0 Å². The van der Waals surface area contributed by atoms with Crippen LogP contribution in [0.5, 0.6) is 0 Å². The maximum Gasteiger partial charge on any atom is 0.211 e. The Kier molecular flexibility index (Phi) is 4.13. The lowest BCUT2D eigenvalue weighted by molar-refractivity contribution is -0.107. The summed E-state index contributed by atoms with van der Waals surface area (Å²) < 4.78 is 0.456. The molecule has 2 fully saturated rings. The smallest absolute Gasteiger partial charge is 0.211 e. The van der Waals surface area contributed by atoms with Gasteiger partial charge < -0.3 is 0 Å². The quantitative estimate of drug-likeness (QED) is 0.706. The van der Waals surface area contributed by atoms with Gasteiger partial charge in [0.25, 0.3) is 0 Å². The largest absolute Gasteiger partial charge is 0.282 e. The summed E-state index contributed by atoms with van der Waals surface area (Å²) in [5, 5.41) is 0.674. The molecule has 0 aromatic heterocycles. The summed E-state index contributed by atoms with van der Waals surface area (Å²) >= 11 is 5.73. The zero-order chi connectivity index (χ0) is 10.7. The topological polar surface area (TPSA) is 17.1 Å². The van der Waals surface area contributed by atoms with Crippen molar-refractivity contribution in [3.8, 4) is 0 Å². The number of thioether (sulfide) groups is 3. The van der Waals surface area contributed by atoms with Crippen molar-refractivity contribution in [2.45, 2.75) is 35.0 Å². The van der Waals surface area contributed by atoms with Gasteiger partial charge in [0.2, 0.25) is 5.12 Å². The first-order valence-corrected chi connectivity index (χ1v) is 8.20. The van der Waals surface area contributed by atoms with E-state index in [4.69, 9.17) is 0 Å². The highest BCUT2D eigenvalue weighted by atomic mass is 32.2. The van der Waals surface area contributed by atoms with Crippen LogP contribution in [0.25, 0.3) is 0 Å². The maximum atomic E-state index is 11.3. The summed E-state index contributed by atoms with van der Waals surface area (Å²) in [4.78, 5) is 11.3. The third-order valence-electron chi connectivity index (χ3n) is 2.89. The van der Waals surface area contributed by atoms with E-state index in [1.165, 1.54) is 55.0 Å². The van der Waals surface area contributed by atoms with Crippen LogP contribution in [0, 0.1) is 0 Å². The standard InChI is InChI=1S/C11H16OS3/c1-2-10(12)15-9-4-3-5-11(8-9)13-6-7-14-11/h2,9H,1,3-8H2. The van der Waals surface area contributed by atoms with E-state index in [1.807, 2.05) is 0 Å². The lowest BCUT2D eigenvalue weighted by Gasteiger charge is -2.35. The van der Waals surface area contributed by atoms with Crippen LogP contribution in [0.3, 0.4) is 0 Å². The first-order valence-electron chi connectivity index (χ1n) is 5.35. The van der Waals surface area contributed by atoms with Crippen molar-refractivity contribution in [2.24, 2.45) is 0 Å². The summed E-state index contributed by atoms with van der Waals surface area (Å²) in [5.41, 5.74) is 0. The molecule has 1 saturated carbocycles. The van der Waals surface area contributed by atoms with Gasteiger partial charge in [-0.05, 0) is 25.3 Å². The van der Waals surface area contributed by atoms with Gasteiger partial charge in [-0.2, -0.15) is 0 Å². The fourth-order valence-electron chi connectivity index (χ4n) is 2.22. The highest BCUT2D eigenvalue weighted by Crippen LogP contribution is 2.54. The molecule has 0 N–H and O–H groups in total. The molecule has 1 aliphatic carbocycles. The minimum Gasteiger partial charge on any atom is -0.282 e. The summed E-state index contributed by atoms with van der Waals surface area (Å²) in [6.45, 7) is 3.53. The molecule has 15 heavy (non-hydrogen) atoms. The van der Waals surface area contributed by atoms with Gasteiger partial charge in [0.15, 0.2) is 0 Å². The minimum atomic E-state index is 0.144. The van der Waals surface area contributed by atoms with Crippen molar-refractivity contribution in [1.82, 2.24) is 0 Å². The van der Waals surface area contributed by atoms with Crippen LogP contribution in [0.15, 0.2) is 12.7 Å². The molecule has 1 nitrogen and oxygen atoms in total. The number of hydrogen-bond acceptors (Lipinski definition) is 4. The number of carbonyl (C=O) groups is 1. The molecular weight excluding hydrogens is 244 g/mol. The molecule has 4 heteroatoms. The van der Waals surface area contributed by atoms with Gasteiger partial charge in [-0.3, -0.25) is 4.79 Å². The van der Waals surface area contributed by atoms with E-state index in [1.54, 1.807) is 0 Å². The zero-order valence-electron chi connectivity index (χ0n) is 8.74. The van der Waals surface area contributed by atoms with E-state index in [0.29, 0.717) is 9.33 Å². The summed E-state index contributed by atoms with van der Waals surface area (Å²) in [7, 11) is 0. The van der Waals surface area contributed by atoms with Crippen LogP contribution in [-0.2, 0) is 4.79 Å². The summed E-state index contributed by atoms with van der Waals surface area (Å²) in [6.07, 6.45) is 6.46. The number of carbonyl (C=O) groups excluding carboxylic acids is 1. The molecule has 1 unspecified atom stereocenters. The Labute approximate surface area is 104 Å². The van der Waals surface area contributed by atoms with Gasteiger partial charge in [0.05, 0.1) is 4.08 Å². The Balaban J connectivity index is 1.92. The molecule has 2 rings (SSSR count). The van der Waals surface area contributed by atoms with Crippen LogP contribution in [0.4, 0.5) is 0 Å². The Morgan fingerprint density at radius 2 is 2.20 bits per heavy atom. The molecule has 0 amide bonds. The van der Waals surface area contributed by atoms with Crippen molar-refractivity contribution in [2.75, 3.05) is 11.5 Å². The molecule has 0 bridgehead atoms. The lowest BCUT2D eigenvalue weighted by atomic mass is 9.99.